The van der Waals surface area contributed by atoms with Crippen molar-refractivity contribution in [3.05, 3.63) is 4.77 Å². The van der Waals surface area contributed by atoms with Gasteiger partial charge in [0.1, 0.15) is 0 Å². The molecule has 12 heavy (non-hydrogen) atoms. The molecule has 0 aliphatic rings. The predicted octanol–water partition coefficient (Wildman–Crippen LogP) is 0.975. The third-order valence-electron chi connectivity index (χ3n) is 1.17. The van der Waals surface area contributed by atoms with Gasteiger partial charge in [0, 0.05) is 6.54 Å². The highest BCUT2D eigenvalue weighted by Gasteiger charge is 1.97. The quantitative estimate of drug-likeness (QED) is 0.689. The summed E-state index contributed by atoms with van der Waals surface area (Å²) in [6.45, 7) is 2.73. The molecule has 0 aromatic carbocycles. The van der Waals surface area contributed by atoms with E-state index in [1.54, 1.807) is 0 Å². The molecule has 0 aliphatic carbocycles. The molecule has 66 valence electrons. The molecule has 0 atom stereocenters. The highest BCUT2D eigenvalue weighted by molar-refractivity contribution is 7.71. The minimum absolute atomic E-state index is 0.265. The average Bonchev–Trinajstić information content (AvgIpc) is 2.04. The lowest BCUT2D eigenvalue weighted by Gasteiger charge is -2.03. The topological polar surface area (TPSA) is 62.8 Å². The molecule has 0 spiro atoms. The molecule has 1 rings (SSSR count). The summed E-state index contributed by atoms with van der Waals surface area (Å²) < 4.78 is 5.13. The van der Waals surface area contributed by atoms with Crippen LogP contribution in [0, 0.1) is 4.77 Å². The van der Waals surface area contributed by atoms with E-state index in [9.17, 15) is 0 Å². The van der Waals surface area contributed by atoms with Crippen LogP contribution in [0.25, 0.3) is 0 Å². The maximum absolute atomic E-state index is 4.87. The zero-order chi connectivity index (χ0) is 8.97. The summed E-state index contributed by atoms with van der Waals surface area (Å²) in [6, 6.07) is 0.367. The number of anilines is 1. The largest absolute Gasteiger partial charge is 0.468 e. The molecule has 6 heteroatoms. The van der Waals surface area contributed by atoms with Crippen LogP contribution in [-0.4, -0.2) is 28.6 Å². The monoisotopic (exact) mass is 186 g/mol. The Morgan fingerprint density at radius 2 is 2.33 bits per heavy atom. The van der Waals surface area contributed by atoms with Crippen LogP contribution < -0.4 is 10.1 Å². The minimum atomic E-state index is 0.265. The maximum Gasteiger partial charge on any atom is 0.298 e. The van der Waals surface area contributed by atoms with E-state index in [0.29, 0.717) is 12.0 Å². The second kappa shape index (κ2) is 4.01. The molecule has 1 aromatic heterocycles. The summed E-state index contributed by atoms with van der Waals surface area (Å²) >= 11 is 4.81. The van der Waals surface area contributed by atoms with E-state index in [0.717, 1.165) is 6.54 Å². The van der Waals surface area contributed by atoms with Gasteiger partial charge in [-0.05, 0) is 19.1 Å². The first-order chi connectivity index (χ1) is 5.76. The Labute approximate surface area is 75.2 Å². The van der Waals surface area contributed by atoms with Gasteiger partial charge in [0.05, 0.1) is 7.11 Å². The molecule has 1 heterocycles. The first-order valence-corrected chi connectivity index (χ1v) is 3.93. The van der Waals surface area contributed by atoms with Crippen LogP contribution in [0.4, 0.5) is 5.95 Å². The second-order valence-electron chi connectivity index (χ2n) is 2.02. The van der Waals surface area contributed by atoms with Crippen LogP contribution in [0.5, 0.6) is 6.01 Å². The van der Waals surface area contributed by atoms with E-state index in [-0.39, 0.29) is 4.77 Å². The van der Waals surface area contributed by atoms with Crippen LogP contribution in [-0.2, 0) is 0 Å². The van der Waals surface area contributed by atoms with Gasteiger partial charge in [-0.3, -0.25) is 4.98 Å². The summed E-state index contributed by atoms with van der Waals surface area (Å²) in [5.41, 5.74) is 0. The zero-order valence-electron chi connectivity index (χ0n) is 6.92. The molecule has 0 saturated carbocycles. The Kier molecular flexibility index (Phi) is 2.98. The van der Waals surface area contributed by atoms with E-state index in [1.165, 1.54) is 7.11 Å². The smallest absolute Gasteiger partial charge is 0.298 e. The molecular formula is C6H10N4OS. The Bertz CT molecular complexity index is 311. The van der Waals surface area contributed by atoms with Gasteiger partial charge in [-0.1, -0.05) is 0 Å². The van der Waals surface area contributed by atoms with Gasteiger partial charge >= 0.3 is 0 Å². The van der Waals surface area contributed by atoms with Gasteiger partial charge in [-0.15, -0.1) is 0 Å². The number of aromatic nitrogens is 3. The van der Waals surface area contributed by atoms with Gasteiger partial charge in [-0.2, -0.15) is 9.97 Å². The third-order valence-corrected chi connectivity index (χ3v) is 1.35. The van der Waals surface area contributed by atoms with Crippen LogP contribution in [0.2, 0.25) is 0 Å². The SMILES string of the molecule is CCNc1nc(=S)nc(OC)[nH]1. The molecule has 0 aliphatic heterocycles. The van der Waals surface area contributed by atoms with Crippen molar-refractivity contribution < 1.29 is 4.74 Å². The molecule has 0 unspecified atom stereocenters. The van der Waals surface area contributed by atoms with Gasteiger partial charge in [0.2, 0.25) is 10.7 Å². The van der Waals surface area contributed by atoms with Crippen LogP contribution in [0.15, 0.2) is 0 Å². The van der Waals surface area contributed by atoms with Crippen molar-refractivity contribution in [1.82, 2.24) is 15.0 Å². The Morgan fingerprint density at radius 1 is 1.58 bits per heavy atom. The maximum atomic E-state index is 4.87. The van der Waals surface area contributed by atoms with Gasteiger partial charge < -0.3 is 10.1 Å². The van der Waals surface area contributed by atoms with E-state index < -0.39 is 0 Å². The zero-order valence-corrected chi connectivity index (χ0v) is 7.73. The average molecular weight is 186 g/mol. The summed E-state index contributed by atoms with van der Waals surface area (Å²) in [4.78, 5) is 10.6. The molecule has 0 fully saturated rings. The number of aromatic amines is 1. The lowest BCUT2D eigenvalue weighted by atomic mass is 10.7. The van der Waals surface area contributed by atoms with E-state index in [2.05, 4.69) is 20.3 Å². The summed E-state index contributed by atoms with van der Waals surface area (Å²) in [5, 5.41) is 2.97. The number of rotatable bonds is 3. The summed E-state index contributed by atoms with van der Waals surface area (Å²) in [7, 11) is 1.52. The lowest BCUT2D eigenvalue weighted by Crippen LogP contribution is -2.04. The van der Waals surface area contributed by atoms with Crippen molar-refractivity contribution in [2.75, 3.05) is 19.0 Å². The minimum Gasteiger partial charge on any atom is -0.468 e. The third kappa shape index (κ3) is 2.16. The molecule has 2 N–H and O–H groups in total. The molecular weight excluding hydrogens is 176 g/mol. The first kappa shape index (κ1) is 8.92. The molecule has 1 aromatic rings. The predicted molar refractivity (Wildman–Crippen MR) is 47.9 cm³/mol. The van der Waals surface area contributed by atoms with Crippen LogP contribution >= 0.6 is 12.2 Å². The Hall–Kier alpha value is -1.17. The number of nitrogens with one attached hydrogen (secondary N) is 2. The fourth-order valence-corrected chi connectivity index (χ4v) is 0.887. The number of ether oxygens (including phenoxy) is 1. The second-order valence-corrected chi connectivity index (χ2v) is 2.38. The number of hydrogen-bond acceptors (Lipinski definition) is 5. The molecule has 0 radical (unpaired) electrons. The normalized spacial score (nSPS) is 9.50. The van der Waals surface area contributed by atoms with Gasteiger partial charge in [0.25, 0.3) is 6.01 Å². The van der Waals surface area contributed by atoms with Crippen molar-refractivity contribution in [3.8, 4) is 6.01 Å². The number of hydrogen-bond donors (Lipinski definition) is 2. The highest BCUT2D eigenvalue weighted by Crippen LogP contribution is 2.03. The van der Waals surface area contributed by atoms with Gasteiger partial charge in [0.15, 0.2) is 0 Å². The Balaban J connectivity index is 2.98. The van der Waals surface area contributed by atoms with Gasteiger partial charge in [-0.25, -0.2) is 0 Å². The highest BCUT2D eigenvalue weighted by atomic mass is 32.1. The van der Waals surface area contributed by atoms with Crippen molar-refractivity contribution in [2.45, 2.75) is 6.92 Å². The lowest BCUT2D eigenvalue weighted by molar-refractivity contribution is 0.378. The number of nitrogens with zero attached hydrogens (tertiary/aromatic N) is 2. The van der Waals surface area contributed by atoms with Crippen molar-refractivity contribution >= 4 is 18.2 Å². The summed E-state index contributed by atoms with van der Waals surface area (Å²) in [5.74, 6) is 0.578. The molecule has 0 bridgehead atoms. The molecule has 5 nitrogen and oxygen atoms in total. The van der Waals surface area contributed by atoms with Crippen molar-refractivity contribution in [2.24, 2.45) is 0 Å². The van der Waals surface area contributed by atoms with Crippen molar-refractivity contribution in [3.63, 3.8) is 0 Å². The number of H-pyrrole nitrogens is 1. The van der Waals surface area contributed by atoms with Crippen molar-refractivity contribution in [1.29, 1.82) is 0 Å². The van der Waals surface area contributed by atoms with E-state index in [4.69, 9.17) is 17.0 Å². The molecule has 0 amide bonds. The summed E-state index contributed by atoms with van der Waals surface area (Å²) in [6.07, 6.45) is 0. The fourth-order valence-electron chi connectivity index (χ4n) is 0.713. The number of methoxy groups -OCH3 is 1. The van der Waals surface area contributed by atoms with E-state index >= 15 is 0 Å². The fraction of sp³-hybridized carbons (Fsp3) is 0.500. The first-order valence-electron chi connectivity index (χ1n) is 3.52. The van der Waals surface area contributed by atoms with E-state index in [1.807, 2.05) is 6.92 Å². The molecule has 0 saturated heterocycles. The Morgan fingerprint density at radius 3 is 2.92 bits per heavy atom. The van der Waals surface area contributed by atoms with Crippen LogP contribution in [0.3, 0.4) is 0 Å². The standard InChI is InChI=1S/C6H10N4OS/c1-3-7-4-8-5(11-2)10-6(12)9-4/h3H2,1-2H3,(H2,7,8,9,10,12). The van der Waals surface area contributed by atoms with Crippen LogP contribution in [0.1, 0.15) is 6.92 Å².